The fourth-order valence-electron chi connectivity index (χ4n) is 1.66. The third-order valence-corrected chi connectivity index (χ3v) is 2.60. The van der Waals surface area contributed by atoms with E-state index in [1.54, 1.807) is 25.6 Å². The minimum Gasteiger partial charge on any atom is -0.492 e. The van der Waals surface area contributed by atoms with Gasteiger partial charge in [0, 0.05) is 12.3 Å². The lowest BCUT2D eigenvalue weighted by Crippen LogP contribution is -2.14. The largest absolute Gasteiger partial charge is 0.492 e. The molecule has 0 spiro atoms. The molecule has 1 unspecified atom stereocenters. The number of methoxy groups -OCH3 is 1. The van der Waals surface area contributed by atoms with Gasteiger partial charge in [0.25, 0.3) is 0 Å². The number of ether oxygens (including phenoxy) is 2. The summed E-state index contributed by atoms with van der Waals surface area (Å²) in [6.45, 7) is 2.50. The van der Waals surface area contributed by atoms with Crippen LogP contribution < -0.4 is 15.2 Å². The summed E-state index contributed by atoms with van der Waals surface area (Å²) < 4.78 is 10.5. The molecule has 2 heterocycles. The van der Waals surface area contributed by atoms with Gasteiger partial charge >= 0.3 is 0 Å². The second-order valence-electron chi connectivity index (χ2n) is 3.85. The average molecular weight is 260 g/mol. The van der Waals surface area contributed by atoms with Crippen LogP contribution in [0.5, 0.6) is 11.6 Å². The quantitative estimate of drug-likeness (QED) is 0.873. The lowest BCUT2D eigenvalue weighted by molar-refractivity contribution is 0.338. The van der Waals surface area contributed by atoms with Crippen molar-refractivity contribution in [2.75, 3.05) is 13.7 Å². The van der Waals surface area contributed by atoms with E-state index in [2.05, 4.69) is 15.0 Å². The minimum atomic E-state index is -0.398. The molecule has 0 saturated heterocycles. The van der Waals surface area contributed by atoms with Crippen LogP contribution in [-0.4, -0.2) is 28.7 Å². The summed E-state index contributed by atoms with van der Waals surface area (Å²) in [5, 5.41) is 0. The third kappa shape index (κ3) is 3.17. The molecule has 19 heavy (non-hydrogen) atoms. The van der Waals surface area contributed by atoms with Crippen molar-refractivity contribution in [1.29, 1.82) is 0 Å². The Balaban J connectivity index is 2.27. The molecular weight excluding hydrogens is 244 g/mol. The SMILES string of the molecule is CCOc1cncc(C(N)c2cc(OC)ncn2)c1. The molecule has 2 N–H and O–H groups in total. The van der Waals surface area contributed by atoms with E-state index >= 15 is 0 Å². The van der Waals surface area contributed by atoms with Crippen molar-refractivity contribution in [3.63, 3.8) is 0 Å². The molecule has 0 bridgehead atoms. The molecule has 6 nitrogen and oxygen atoms in total. The average Bonchev–Trinajstić information content (AvgIpc) is 2.47. The van der Waals surface area contributed by atoms with Gasteiger partial charge in [-0.05, 0) is 18.6 Å². The van der Waals surface area contributed by atoms with E-state index in [0.29, 0.717) is 23.9 Å². The van der Waals surface area contributed by atoms with Gasteiger partial charge in [-0.1, -0.05) is 0 Å². The van der Waals surface area contributed by atoms with Gasteiger partial charge < -0.3 is 15.2 Å². The van der Waals surface area contributed by atoms with Crippen LogP contribution in [0, 0.1) is 0 Å². The topological polar surface area (TPSA) is 83.2 Å². The Morgan fingerprint density at radius 1 is 1.26 bits per heavy atom. The van der Waals surface area contributed by atoms with Crippen molar-refractivity contribution in [3.8, 4) is 11.6 Å². The predicted molar refractivity (Wildman–Crippen MR) is 70.0 cm³/mol. The number of rotatable bonds is 5. The van der Waals surface area contributed by atoms with Crippen LogP contribution in [0.2, 0.25) is 0 Å². The zero-order valence-corrected chi connectivity index (χ0v) is 10.9. The van der Waals surface area contributed by atoms with Crippen molar-refractivity contribution in [1.82, 2.24) is 15.0 Å². The first-order chi connectivity index (χ1) is 9.24. The number of nitrogens with zero attached hydrogens (tertiary/aromatic N) is 3. The summed E-state index contributed by atoms with van der Waals surface area (Å²) >= 11 is 0. The van der Waals surface area contributed by atoms with Crippen LogP contribution in [0.3, 0.4) is 0 Å². The lowest BCUT2D eigenvalue weighted by atomic mass is 10.1. The maximum absolute atomic E-state index is 6.16. The summed E-state index contributed by atoms with van der Waals surface area (Å²) in [4.78, 5) is 12.2. The molecule has 2 aromatic rings. The molecule has 1 atom stereocenters. The molecule has 0 fully saturated rings. The van der Waals surface area contributed by atoms with E-state index in [9.17, 15) is 0 Å². The van der Waals surface area contributed by atoms with Gasteiger partial charge in [-0.3, -0.25) is 4.98 Å². The Morgan fingerprint density at radius 2 is 2.11 bits per heavy atom. The summed E-state index contributed by atoms with van der Waals surface area (Å²) in [6, 6.07) is 3.16. The van der Waals surface area contributed by atoms with Crippen molar-refractivity contribution in [2.45, 2.75) is 13.0 Å². The Morgan fingerprint density at radius 3 is 2.84 bits per heavy atom. The molecule has 0 aromatic carbocycles. The maximum atomic E-state index is 6.16. The summed E-state index contributed by atoms with van der Waals surface area (Å²) in [7, 11) is 1.55. The number of nitrogens with two attached hydrogens (primary N) is 1. The number of aromatic nitrogens is 3. The highest BCUT2D eigenvalue weighted by Crippen LogP contribution is 2.22. The molecule has 100 valence electrons. The Bertz CT molecular complexity index is 548. The van der Waals surface area contributed by atoms with Gasteiger partial charge in [-0.15, -0.1) is 0 Å². The van der Waals surface area contributed by atoms with E-state index in [0.717, 1.165) is 5.56 Å². The predicted octanol–water partition coefficient (Wildman–Crippen LogP) is 1.33. The van der Waals surface area contributed by atoms with Crippen LogP contribution in [0.1, 0.15) is 24.2 Å². The molecule has 0 saturated carbocycles. The van der Waals surface area contributed by atoms with Crippen molar-refractivity contribution >= 4 is 0 Å². The van der Waals surface area contributed by atoms with Gasteiger partial charge in [-0.2, -0.15) is 0 Å². The third-order valence-electron chi connectivity index (χ3n) is 2.60. The van der Waals surface area contributed by atoms with E-state index in [-0.39, 0.29) is 0 Å². The van der Waals surface area contributed by atoms with E-state index in [1.807, 2.05) is 13.0 Å². The second-order valence-corrected chi connectivity index (χ2v) is 3.85. The normalized spacial score (nSPS) is 11.9. The van der Waals surface area contributed by atoms with Crippen molar-refractivity contribution in [2.24, 2.45) is 5.73 Å². The second kappa shape index (κ2) is 6.10. The van der Waals surface area contributed by atoms with Gasteiger partial charge in [0.15, 0.2) is 0 Å². The Labute approximate surface area is 111 Å². The van der Waals surface area contributed by atoms with Gasteiger partial charge in [0.2, 0.25) is 5.88 Å². The van der Waals surface area contributed by atoms with E-state index in [1.165, 1.54) is 6.33 Å². The summed E-state index contributed by atoms with van der Waals surface area (Å²) in [5.41, 5.74) is 7.66. The van der Waals surface area contributed by atoms with Crippen molar-refractivity contribution < 1.29 is 9.47 Å². The van der Waals surface area contributed by atoms with Crippen LogP contribution in [0.15, 0.2) is 30.9 Å². The molecular formula is C13H16N4O2. The van der Waals surface area contributed by atoms with Crippen LogP contribution in [0.4, 0.5) is 0 Å². The van der Waals surface area contributed by atoms with Crippen LogP contribution in [0.25, 0.3) is 0 Å². The van der Waals surface area contributed by atoms with Crippen molar-refractivity contribution in [3.05, 3.63) is 42.1 Å². The molecule has 0 aliphatic rings. The minimum absolute atomic E-state index is 0.398. The first-order valence-electron chi connectivity index (χ1n) is 5.94. The van der Waals surface area contributed by atoms with Crippen LogP contribution >= 0.6 is 0 Å². The maximum Gasteiger partial charge on any atom is 0.216 e. The number of hydrogen-bond donors (Lipinski definition) is 1. The summed E-state index contributed by atoms with van der Waals surface area (Å²) in [5.74, 6) is 1.17. The van der Waals surface area contributed by atoms with E-state index in [4.69, 9.17) is 15.2 Å². The molecule has 0 aliphatic heterocycles. The molecule has 2 aromatic heterocycles. The monoisotopic (exact) mass is 260 g/mol. The first kappa shape index (κ1) is 13.2. The fourth-order valence-corrected chi connectivity index (χ4v) is 1.66. The van der Waals surface area contributed by atoms with Crippen LogP contribution in [-0.2, 0) is 0 Å². The van der Waals surface area contributed by atoms with Gasteiger partial charge in [-0.25, -0.2) is 9.97 Å². The fraction of sp³-hybridized carbons (Fsp3) is 0.308. The molecule has 0 aliphatic carbocycles. The molecule has 0 amide bonds. The highest BCUT2D eigenvalue weighted by atomic mass is 16.5. The van der Waals surface area contributed by atoms with Gasteiger partial charge in [0.1, 0.15) is 12.1 Å². The first-order valence-corrected chi connectivity index (χ1v) is 5.94. The molecule has 6 heteroatoms. The Kier molecular flexibility index (Phi) is 4.25. The molecule has 0 radical (unpaired) electrons. The zero-order chi connectivity index (χ0) is 13.7. The zero-order valence-electron chi connectivity index (χ0n) is 10.9. The van der Waals surface area contributed by atoms with Gasteiger partial charge in [0.05, 0.1) is 31.6 Å². The van der Waals surface area contributed by atoms with E-state index < -0.39 is 6.04 Å². The lowest BCUT2D eigenvalue weighted by Gasteiger charge is -2.12. The highest BCUT2D eigenvalue weighted by Gasteiger charge is 2.13. The summed E-state index contributed by atoms with van der Waals surface area (Å²) in [6.07, 6.45) is 4.77. The smallest absolute Gasteiger partial charge is 0.216 e. The Hall–Kier alpha value is -2.21. The standard InChI is InChI=1S/C13H16N4O2/c1-3-19-10-4-9(6-15-7-10)13(14)11-5-12(18-2)17-8-16-11/h4-8,13H,3,14H2,1-2H3. The molecule has 2 rings (SSSR count). The highest BCUT2D eigenvalue weighted by molar-refractivity contribution is 5.31. The number of hydrogen-bond acceptors (Lipinski definition) is 6. The number of pyridine rings is 1.